The van der Waals surface area contributed by atoms with E-state index in [0.29, 0.717) is 17.8 Å². The number of hydrogen-bond donors (Lipinski definition) is 0. The summed E-state index contributed by atoms with van der Waals surface area (Å²) < 4.78 is 41.4. The number of aryl methyl sites for hydroxylation is 2. The lowest BCUT2D eigenvalue weighted by Gasteiger charge is -2.10. The first-order valence-corrected chi connectivity index (χ1v) is 10.3. The second-order valence-corrected chi connectivity index (χ2v) is 7.70. The molecule has 0 saturated heterocycles. The van der Waals surface area contributed by atoms with Gasteiger partial charge in [-0.3, -0.25) is 0 Å². The second-order valence-electron chi connectivity index (χ2n) is 6.76. The smallest absolute Gasteiger partial charge is 0.319 e. The van der Waals surface area contributed by atoms with Crippen molar-refractivity contribution in [3.8, 4) is 0 Å². The fraction of sp³-hybridized carbons (Fsp3) is 0.174. The lowest BCUT2D eigenvalue weighted by molar-refractivity contribution is -0.137. The summed E-state index contributed by atoms with van der Waals surface area (Å²) >= 11 is 1.54. The number of rotatable bonds is 6. The van der Waals surface area contributed by atoms with E-state index in [1.807, 2.05) is 53.1 Å². The summed E-state index contributed by atoms with van der Waals surface area (Å²) in [6.07, 6.45) is -3.59. The van der Waals surface area contributed by atoms with Gasteiger partial charge < -0.3 is 4.57 Å². The summed E-state index contributed by atoms with van der Waals surface area (Å²) in [7, 11) is 0. The Balaban J connectivity index is 1.66. The standard InChI is InChI=1S/C23H19F3N2S/c24-23(25,26)19-11-12-21-20(15-19)27-22(29-16-18-9-5-2-6-10-18)28(21)14-13-17-7-3-1-4-8-17/h1-12,15H,13-14,16H2. The van der Waals surface area contributed by atoms with Gasteiger partial charge in [-0.2, -0.15) is 13.2 Å². The summed E-state index contributed by atoms with van der Waals surface area (Å²) in [5.74, 6) is 0.710. The zero-order valence-electron chi connectivity index (χ0n) is 15.6. The number of thioether (sulfide) groups is 1. The Bertz CT molecular complexity index is 1090. The molecule has 0 aliphatic heterocycles. The van der Waals surface area contributed by atoms with Crippen LogP contribution in [0.2, 0.25) is 0 Å². The molecule has 1 aromatic heterocycles. The fourth-order valence-corrected chi connectivity index (χ4v) is 4.21. The second kappa shape index (κ2) is 8.33. The van der Waals surface area contributed by atoms with Crippen molar-refractivity contribution in [1.29, 1.82) is 0 Å². The molecule has 0 atom stereocenters. The van der Waals surface area contributed by atoms with Crippen LogP contribution >= 0.6 is 11.8 Å². The first-order valence-electron chi connectivity index (χ1n) is 9.29. The summed E-state index contributed by atoms with van der Waals surface area (Å²) in [5, 5.41) is 0.735. The molecule has 4 rings (SSSR count). The predicted molar refractivity (Wildman–Crippen MR) is 111 cm³/mol. The highest BCUT2D eigenvalue weighted by Gasteiger charge is 2.31. The molecule has 2 nitrogen and oxygen atoms in total. The largest absolute Gasteiger partial charge is 0.416 e. The van der Waals surface area contributed by atoms with Crippen molar-refractivity contribution in [2.45, 2.75) is 30.1 Å². The van der Waals surface area contributed by atoms with Gasteiger partial charge in [0.25, 0.3) is 0 Å². The Morgan fingerprint density at radius 3 is 2.14 bits per heavy atom. The number of hydrogen-bond acceptors (Lipinski definition) is 2. The van der Waals surface area contributed by atoms with Crippen molar-refractivity contribution in [2.24, 2.45) is 0 Å². The molecule has 0 N–H and O–H groups in total. The van der Waals surface area contributed by atoms with E-state index < -0.39 is 11.7 Å². The first-order chi connectivity index (χ1) is 14.0. The number of imidazole rings is 1. The van der Waals surface area contributed by atoms with Crippen molar-refractivity contribution < 1.29 is 13.2 Å². The average molecular weight is 412 g/mol. The highest BCUT2D eigenvalue weighted by Crippen LogP contribution is 2.33. The van der Waals surface area contributed by atoms with Crippen molar-refractivity contribution in [3.05, 3.63) is 95.6 Å². The maximum atomic E-state index is 13.1. The maximum absolute atomic E-state index is 13.1. The Kier molecular flexibility index (Phi) is 5.62. The van der Waals surface area contributed by atoms with Crippen molar-refractivity contribution in [3.63, 3.8) is 0 Å². The van der Waals surface area contributed by atoms with Crippen molar-refractivity contribution >= 4 is 22.8 Å². The molecule has 1 heterocycles. The molecule has 0 amide bonds. The molecule has 0 aliphatic carbocycles. The SMILES string of the molecule is FC(F)(F)c1ccc2c(c1)nc(SCc1ccccc1)n2CCc1ccccc1. The van der Waals surface area contributed by atoms with Crippen LogP contribution in [-0.4, -0.2) is 9.55 Å². The molecule has 0 radical (unpaired) electrons. The number of alkyl halides is 3. The topological polar surface area (TPSA) is 17.8 Å². The van der Waals surface area contributed by atoms with Gasteiger partial charge in [-0.25, -0.2) is 4.98 Å². The van der Waals surface area contributed by atoms with E-state index in [0.717, 1.165) is 34.8 Å². The molecule has 0 spiro atoms. The third-order valence-electron chi connectivity index (χ3n) is 4.72. The zero-order chi connectivity index (χ0) is 20.3. The molecule has 6 heteroatoms. The Labute approximate surface area is 171 Å². The molecule has 0 aliphatic rings. The molecular weight excluding hydrogens is 393 g/mol. The summed E-state index contributed by atoms with van der Waals surface area (Å²) in [5.41, 5.74) is 2.76. The van der Waals surface area contributed by atoms with E-state index in [1.54, 1.807) is 11.8 Å². The number of halogens is 3. The minimum atomic E-state index is -4.38. The van der Waals surface area contributed by atoms with Crippen LogP contribution in [0, 0.1) is 0 Å². The maximum Gasteiger partial charge on any atom is 0.416 e. The quantitative estimate of drug-likeness (QED) is 0.333. The predicted octanol–water partition coefficient (Wildman–Crippen LogP) is 6.59. The molecule has 0 unspecified atom stereocenters. The van der Waals surface area contributed by atoms with Gasteiger partial charge in [-0.05, 0) is 35.7 Å². The molecule has 3 aromatic carbocycles. The van der Waals surface area contributed by atoms with Gasteiger partial charge in [-0.15, -0.1) is 0 Å². The zero-order valence-corrected chi connectivity index (χ0v) is 16.4. The monoisotopic (exact) mass is 412 g/mol. The van der Waals surface area contributed by atoms with E-state index in [4.69, 9.17) is 0 Å². The van der Waals surface area contributed by atoms with Crippen LogP contribution in [0.15, 0.2) is 84.0 Å². The summed E-state index contributed by atoms with van der Waals surface area (Å²) in [6.45, 7) is 0.656. The Hall–Kier alpha value is -2.73. The number of aromatic nitrogens is 2. The van der Waals surface area contributed by atoms with Gasteiger partial charge in [0.15, 0.2) is 5.16 Å². The minimum Gasteiger partial charge on any atom is -0.319 e. The van der Waals surface area contributed by atoms with Crippen LogP contribution < -0.4 is 0 Å². The highest BCUT2D eigenvalue weighted by molar-refractivity contribution is 7.98. The van der Waals surface area contributed by atoms with E-state index in [2.05, 4.69) is 17.1 Å². The van der Waals surface area contributed by atoms with E-state index in [9.17, 15) is 13.2 Å². The van der Waals surface area contributed by atoms with E-state index >= 15 is 0 Å². The molecular formula is C23H19F3N2S. The van der Waals surface area contributed by atoms with Crippen LogP contribution in [0.5, 0.6) is 0 Å². The van der Waals surface area contributed by atoms with Crippen molar-refractivity contribution in [2.75, 3.05) is 0 Å². The van der Waals surface area contributed by atoms with E-state index in [-0.39, 0.29) is 0 Å². The van der Waals surface area contributed by atoms with Crippen LogP contribution in [0.4, 0.5) is 13.2 Å². The van der Waals surface area contributed by atoms with Gasteiger partial charge in [0, 0.05) is 12.3 Å². The lowest BCUT2D eigenvalue weighted by atomic mass is 10.1. The van der Waals surface area contributed by atoms with Crippen LogP contribution in [0.3, 0.4) is 0 Å². The summed E-state index contributed by atoms with van der Waals surface area (Å²) in [6, 6.07) is 23.8. The van der Waals surface area contributed by atoms with Gasteiger partial charge in [0.1, 0.15) is 0 Å². The molecule has 0 fully saturated rings. The molecule has 148 valence electrons. The third kappa shape index (κ3) is 4.65. The highest BCUT2D eigenvalue weighted by atomic mass is 32.2. The van der Waals surface area contributed by atoms with Gasteiger partial charge in [0.05, 0.1) is 16.6 Å². The molecule has 4 aromatic rings. The molecule has 0 bridgehead atoms. The normalized spacial score (nSPS) is 11.8. The minimum absolute atomic E-state index is 0.378. The number of nitrogens with zero attached hydrogens (tertiary/aromatic N) is 2. The van der Waals surface area contributed by atoms with Crippen molar-refractivity contribution in [1.82, 2.24) is 9.55 Å². The number of fused-ring (bicyclic) bond motifs is 1. The fourth-order valence-electron chi connectivity index (χ4n) is 3.22. The lowest BCUT2D eigenvalue weighted by Crippen LogP contribution is -2.05. The summed E-state index contributed by atoms with van der Waals surface area (Å²) in [4.78, 5) is 4.54. The van der Waals surface area contributed by atoms with Gasteiger partial charge in [-0.1, -0.05) is 72.4 Å². The third-order valence-corrected chi connectivity index (χ3v) is 5.77. The number of benzene rings is 3. The van der Waals surface area contributed by atoms with Gasteiger partial charge in [0.2, 0.25) is 0 Å². The van der Waals surface area contributed by atoms with Crippen LogP contribution in [0.1, 0.15) is 16.7 Å². The molecule has 29 heavy (non-hydrogen) atoms. The first kappa shape index (κ1) is 19.6. The Morgan fingerprint density at radius 2 is 1.48 bits per heavy atom. The molecule has 0 saturated carbocycles. The van der Waals surface area contributed by atoms with Crippen LogP contribution in [0.25, 0.3) is 11.0 Å². The average Bonchev–Trinajstić information content (AvgIpc) is 3.08. The van der Waals surface area contributed by atoms with Crippen LogP contribution in [-0.2, 0) is 24.9 Å². The van der Waals surface area contributed by atoms with Gasteiger partial charge >= 0.3 is 6.18 Å². The van der Waals surface area contributed by atoms with E-state index in [1.165, 1.54) is 11.6 Å². The Morgan fingerprint density at radius 1 is 0.828 bits per heavy atom.